The van der Waals surface area contributed by atoms with Gasteiger partial charge in [-0.05, 0) is 12.5 Å². The number of nitro groups is 1. The highest BCUT2D eigenvalue weighted by molar-refractivity contribution is 6.17. The molecule has 1 aromatic heterocycles. The van der Waals surface area contributed by atoms with Crippen LogP contribution in [0.25, 0.3) is 0 Å². The van der Waals surface area contributed by atoms with Gasteiger partial charge in [0.25, 0.3) is 6.43 Å². The van der Waals surface area contributed by atoms with Gasteiger partial charge in [-0.25, -0.2) is 8.78 Å². The lowest BCUT2D eigenvalue weighted by molar-refractivity contribution is -0.387. The maximum atomic E-state index is 12.6. The van der Waals surface area contributed by atoms with Gasteiger partial charge >= 0.3 is 5.69 Å². The lowest BCUT2D eigenvalue weighted by atomic mass is 10.1. The molecule has 82 valence electrons. The zero-order chi connectivity index (χ0) is 11.6. The zero-order valence-corrected chi connectivity index (χ0v) is 8.46. The first-order valence-electron chi connectivity index (χ1n) is 3.96. The van der Waals surface area contributed by atoms with Crippen LogP contribution in [-0.2, 0) is 5.88 Å². The first kappa shape index (κ1) is 11.8. The minimum atomic E-state index is -2.91. The SMILES string of the molecule is Cc1cnc(CCl)c([N+](=O)[O-])c1C(F)F. The van der Waals surface area contributed by atoms with Crippen LogP contribution >= 0.6 is 11.6 Å². The molecule has 0 atom stereocenters. The lowest BCUT2D eigenvalue weighted by Crippen LogP contribution is -2.04. The minimum absolute atomic E-state index is 0.0885. The molecule has 0 saturated carbocycles. The fraction of sp³-hybridized carbons (Fsp3) is 0.375. The Morgan fingerprint density at radius 3 is 2.67 bits per heavy atom. The number of rotatable bonds is 3. The quantitative estimate of drug-likeness (QED) is 0.461. The van der Waals surface area contributed by atoms with E-state index >= 15 is 0 Å². The summed E-state index contributed by atoms with van der Waals surface area (Å²) in [5.41, 5.74) is -1.33. The van der Waals surface area contributed by atoms with Gasteiger partial charge in [0.05, 0.1) is 10.8 Å². The van der Waals surface area contributed by atoms with Crippen molar-refractivity contribution < 1.29 is 13.7 Å². The Balaban J connectivity index is 3.51. The number of hydrogen-bond donors (Lipinski definition) is 0. The molecule has 0 aliphatic carbocycles. The monoisotopic (exact) mass is 236 g/mol. The van der Waals surface area contributed by atoms with Crippen molar-refractivity contribution in [1.29, 1.82) is 0 Å². The van der Waals surface area contributed by atoms with Crippen LogP contribution in [0.5, 0.6) is 0 Å². The first-order chi connectivity index (χ1) is 6.99. The Hall–Kier alpha value is -1.30. The largest absolute Gasteiger partial charge is 0.301 e. The number of halogens is 3. The summed E-state index contributed by atoms with van der Waals surface area (Å²) in [5, 5.41) is 10.6. The third-order valence-electron chi connectivity index (χ3n) is 1.89. The Morgan fingerprint density at radius 2 is 2.27 bits per heavy atom. The summed E-state index contributed by atoms with van der Waals surface area (Å²) in [4.78, 5) is 13.4. The summed E-state index contributed by atoms with van der Waals surface area (Å²) in [6.07, 6.45) is -1.75. The van der Waals surface area contributed by atoms with E-state index in [0.29, 0.717) is 0 Å². The molecule has 1 rings (SSSR count). The van der Waals surface area contributed by atoms with E-state index in [1.165, 1.54) is 6.92 Å². The van der Waals surface area contributed by atoms with Gasteiger partial charge in [0.2, 0.25) is 0 Å². The Labute approximate surface area is 89.0 Å². The Morgan fingerprint density at radius 1 is 1.67 bits per heavy atom. The molecule has 0 aromatic carbocycles. The molecule has 0 aliphatic rings. The molecular formula is C8H7ClF2N2O2. The van der Waals surface area contributed by atoms with Crippen LogP contribution in [0.4, 0.5) is 14.5 Å². The molecule has 0 N–H and O–H groups in total. The molecule has 1 heterocycles. The molecule has 4 nitrogen and oxygen atoms in total. The number of aryl methyl sites for hydroxylation is 1. The highest BCUT2D eigenvalue weighted by atomic mass is 35.5. The highest BCUT2D eigenvalue weighted by Gasteiger charge is 2.28. The number of hydrogen-bond acceptors (Lipinski definition) is 3. The van der Waals surface area contributed by atoms with E-state index in [9.17, 15) is 18.9 Å². The Kier molecular flexibility index (Phi) is 3.52. The molecule has 0 amide bonds. The normalized spacial score (nSPS) is 10.7. The fourth-order valence-corrected chi connectivity index (χ4v) is 1.42. The van der Waals surface area contributed by atoms with Crippen molar-refractivity contribution in [1.82, 2.24) is 4.98 Å². The van der Waals surface area contributed by atoms with Crippen molar-refractivity contribution in [3.8, 4) is 0 Å². The molecular weight excluding hydrogens is 230 g/mol. The van der Waals surface area contributed by atoms with E-state index in [2.05, 4.69) is 4.98 Å². The predicted octanol–water partition coefficient (Wildman–Crippen LogP) is 2.97. The number of aromatic nitrogens is 1. The van der Waals surface area contributed by atoms with E-state index in [1.807, 2.05) is 0 Å². The summed E-state index contributed by atoms with van der Waals surface area (Å²) >= 11 is 5.39. The molecule has 0 unspecified atom stereocenters. The van der Waals surface area contributed by atoms with Gasteiger partial charge < -0.3 is 0 Å². The number of pyridine rings is 1. The maximum absolute atomic E-state index is 12.6. The van der Waals surface area contributed by atoms with Gasteiger partial charge in [-0.3, -0.25) is 15.1 Å². The van der Waals surface area contributed by atoms with Crippen LogP contribution in [0.15, 0.2) is 6.20 Å². The van der Waals surface area contributed by atoms with Crippen molar-refractivity contribution in [2.45, 2.75) is 19.2 Å². The summed E-state index contributed by atoms with van der Waals surface area (Å²) in [6.45, 7) is 1.35. The van der Waals surface area contributed by atoms with Crippen LogP contribution in [0, 0.1) is 17.0 Å². The van der Waals surface area contributed by atoms with Gasteiger partial charge in [0.1, 0.15) is 11.3 Å². The van der Waals surface area contributed by atoms with E-state index in [0.717, 1.165) is 6.20 Å². The van der Waals surface area contributed by atoms with Crippen molar-refractivity contribution in [3.63, 3.8) is 0 Å². The van der Waals surface area contributed by atoms with E-state index in [4.69, 9.17) is 11.6 Å². The fourth-order valence-electron chi connectivity index (χ4n) is 1.22. The third-order valence-corrected chi connectivity index (χ3v) is 2.15. The first-order valence-corrected chi connectivity index (χ1v) is 4.49. The van der Waals surface area contributed by atoms with E-state index in [-0.39, 0.29) is 17.1 Å². The topological polar surface area (TPSA) is 56.0 Å². The Bertz CT molecular complexity index is 398. The summed E-state index contributed by atoms with van der Waals surface area (Å²) in [6, 6.07) is 0. The second-order valence-corrected chi connectivity index (χ2v) is 3.11. The predicted molar refractivity (Wildman–Crippen MR) is 50.1 cm³/mol. The number of nitrogens with zero attached hydrogens (tertiary/aromatic N) is 2. The third kappa shape index (κ3) is 2.20. The molecule has 1 aromatic rings. The van der Waals surface area contributed by atoms with Gasteiger partial charge in [-0.2, -0.15) is 0 Å². The zero-order valence-electron chi connectivity index (χ0n) is 7.71. The second-order valence-electron chi connectivity index (χ2n) is 2.84. The molecule has 0 radical (unpaired) electrons. The molecule has 7 heteroatoms. The van der Waals surface area contributed by atoms with Crippen molar-refractivity contribution >= 4 is 17.3 Å². The molecule has 0 bridgehead atoms. The van der Waals surface area contributed by atoms with Crippen molar-refractivity contribution in [3.05, 3.63) is 33.1 Å². The van der Waals surface area contributed by atoms with Crippen LogP contribution in [0.2, 0.25) is 0 Å². The van der Waals surface area contributed by atoms with Gasteiger partial charge in [-0.15, -0.1) is 11.6 Å². The van der Waals surface area contributed by atoms with Crippen LogP contribution in [-0.4, -0.2) is 9.91 Å². The highest BCUT2D eigenvalue weighted by Crippen LogP contribution is 2.33. The van der Waals surface area contributed by atoms with Crippen LogP contribution in [0.3, 0.4) is 0 Å². The summed E-state index contributed by atoms with van der Waals surface area (Å²) in [7, 11) is 0. The molecule has 0 aliphatic heterocycles. The molecule has 0 spiro atoms. The maximum Gasteiger partial charge on any atom is 0.301 e. The standard InChI is InChI=1S/C8H7ClF2N2O2/c1-4-3-12-5(2-9)7(13(14)15)6(4)8(10)11/h3,8H,2H2,1H3. The van der Waals surface area contributed by atoms with Crippen LogP contribution < -0.4 is 0 Å². The summed E-state index contributed by atoms with van der Waals surface area (Å²) in [5.74, 6) is -0.268. The molecule has 0 saturated heterocycles. The van der Waals surface area contributed by atoms with Crippen molar-refractivity contribution in [2.75, 3.05) is 0 Å². The van der Waals surface area contributed by atoms with E-state index in [1.54, 1.807) is 0 Å². The van der Waals surface area contributed by atoms with Crippen molar-refractivity contribution in [2.24, 2.45) is 0 Å². The number of alkyl halides is 3. The lowest BCUT2D eigenvalue weighted by Gasteiger charge is -2.07. The molecule has 0 fully saturated rings. The van der Waals surface area contributed by atoms with E-state index < -0.39 is 22.6 Å². The van der Waals surface area contributed by atoms with Gasteiger partial charge in [-0.1, -0.05) is 0 Å². The van der Waals surface area contributed by atoms with Crippen LogP contribution in [0.1, 0.15) is 23.2 Å². The second kappa shape index (κ2) is 4.48. The average Bonchev–Trinajstić information content (AvgIpc) is 2.16. The summed E-state index contributed by atoms with van der Waals surface area (Å²) < 4.78 is 25.2. The molecule has 15 heavy (non-hydrogen) atoms. The van der Waals surface area contributed by atoms with Gasteiger partial charge in [0.15, 0.2) is 0 Å². The smallest absolute Gasteiger partial charge is 0.258 e. The minimum Gasteiger partial charge on any atom is -0.258 e. The average molecular weight is 237 g/mol. The van der Waals surface area contributed by atoms with Gasteiger partial charge in [0, 0.05) is 6.20 Å².